The molecule has 0 N–H and O–H groups in total. The molecule has 1 aliphatic rings. The zero-order chi connectivity index (χ0) is 16.7. The smallest absolute Gasteiger partial charge is 0.236 e. The molecule has 1 aromatic carbocycles. The average molecular weight is 365 g/mol. The summed E-state index contributed by atoms with van der Waals surface area (Å²) in [6.45, 7) is 1.76. The first-order valence-corrected chi connectivity index (χ1v) is 8.64. The Morgan fingerprint density at radius 1 is 1.04 bits per heavy atom. The van der Waals surface area contributed by atoms with E-state index in [9.17, 15) is 4.39 Å². The second-order valence-electron chi connectivity index (χ2n) is 5.84. The maximum absolute atomic E-state index is 14.6. The van der Waals surface area contributed by atoms with E-state index in [1.807, 2.05) is 10.6 Å². The first kappa shape index (κ1) is 15.7. The molecule has 0 unspecified atom stereocenters. The van der Waals surface area contributed by atoms with Gasteiger partial charge >= 0.3 is 0 Å². The number of imidazole rings is 1. The molecule has 0 spiro atoms. The number of benzene rings is 1. The predicted molar refractivity (Wildman–Crippen MR) is 94.5 cm³/mol. The van der Waals surface area contributed by atoms with Gasteiger partial charge in [-0.2, -0.15) is 4.98 Å². The molecule has 1 saturated heterocycles. The zero-order valence-electron chi connectivity index (χ0n) is 12.8. The van der Waals surface area contributed by atoms with E-state index in [1.165, 1.54) is 12.5 Å². The van der Waals surface area contributed by atoms with Crippen LogP contribution < -0.4 is 4.90 Å². The van der Waals surface area contributed by atoms with E-state index in [0.717, 1.165) is 31.7 Å². The van der Waals surface area contributed by atoms with E-state index in [4.69, 9.17) is 23.2 Å². The van der Waals surface area contributed by atoms with Crippen LogP contribution in [0.15, 0.2) is 30.6 Å². The van der Waals surface area contributed by atoms with Crippen molar-refractivity contribution in [1.29, 1.82) is 0 Å². The molecule has 1 fully saturated rings. The summed E-state index contributed by atoms with van der Waals surface area (Å²) in [7, 11) is 0. The normalized spacial score (nSPS) is 15.2. The van der Waals surface area contributed by atoms with Crippen molar-refractivity contribution in [2.75, 3.05) is 18.0 Å². The predicted octanol–water partition coefficient (Wildman–Crippen LogP) is 4.83. The van der Waals surface area contributed by atoms with Crippen LogP contribution in [0.4, 0.5) is 10.2 Å². The molecule has 0 bridgehead atoms. The molecule has 0 aliphatic carbocycles. The van der Waals surface area contributed by atoms with Gasteiger partial charge in [0, 0.05) is 31.0 Å². The number of anilines is 1. The molecular weight excluding hydrogens is 350 g/mol. The van der Waals surface area contributed by atoms with Crippen LogP contribution in [0.3, 0.4) is 0 Å². The largest absolute Gasteiger partial charge is 0.357 e. The Balaban J connectivity index is 2.05. The maximum Gasteiger partial charge on any atom is 0.236 e. The van der Waals surface area contributed by atoms with Gasteiger partial charge in [0.05, 0.1) is 10.6 Å². The molecule has 4 nitrogen and oxygen atoms in total. The highest BCUT2D eigenvalue weighted by Crippen LogP contribution is 2.41. The Kier molecular flexibility index (Phi) is 4.06. The first-order chi connectivity index (χ1) is 11.7. The monoisotopic (exact) mass is 364 g/mol. The second-order valence-corrected chi connectivity index (χ2v) is 6.61. The van der Waals surface area contributed by atoms with E-state index < -0.39 is 5.82 Å². The van der Waals surface area contributed by atoms with Crippen molar-refractivity contribution in [1.82, 2.24) is 14.4 Å². The van der Waals surface area contributed by atoms with Gasteiger partial charge in [-0.3, -0.25) is 4.40 Å². The Hall–Kier alpha value is -1.85. The van der Waals surface area contributed by atoms with Crippen LogP contribution in [0.25, 0.3) is 16.9 Å². The van der Waals surface area contributed by atoms with Crippen molar-refractivity contribution >= 4 is 34.8 Å². The van der Waals surface area contributed by atoms with Crippen LogP contribution in [0.2, 0.25) is 10.2 Å². The van der Waals surface area contributed by atoms with Crippen LogP contribution in [-0.4, -0.2) is 27.5 Å². The molecule has 0 radical (unpaired) electrons. The van der Waals surface area contributed by atoms with Crippen molar-refractivity contribution in [3.63, 3.8) is 0 Å². The third-order valence-electron chi connectivity index (χ3n) is 4.35. The molecular formula is C17H15Cl2FN4. The van der Waals surface area contributed by atoms with E-state index in [-0.39, 0.29) is 10.7 Å². The summed E-state index contributed by atoms with van der Waals surface area (Å²) in [4.78, 5) is 10.8. The van der Waals surface area contributed by atoms with Crippen molar-refractivity contribution in [3.8, 4) is 11.1 Å². The van der Waals surface area contributed by atoms with Gasteiger partial charge in [0.1, 0.15) is 16.8 Å². The summed E-state index contributed by atoms with van der Waals surface area (Å²) in [6, 6.07) is 4.63. The summed E-state index contributed by atoms with van der Waals surface area (Å²) in [5.74, 6) is 0.884. The molecule has 0 saturated carbocycles. The molecule has 4 rings (SSSR count). The summed E-state index contributed by atoms with van der Waals surface area (Å²) >= 11 is 12.7. The molecule has 124 valence electrons. The fourth-order valence-electron chi connectivity index (χ4n) is 3.27. The number of hydrogen-bond donors (Lipinski definition) is 0. The van der Waals surface area contributed by atoms with E-state index in [1.54, 1.807) is 18.3 Å². The van der Waals surface area contributed by atoms with E-state index >= 15 is 0 Å². The lowest BCUT2D eigenvalue weighted by atomic mass is 10.0. The minimum atomic E-state index is -0.413. The topological polar surface area (TPSA) is 33.4 Å². The standard InChI is InChI=1S/C17H15Cl2FN4/c18-11-5-4-6-12(20)13(11)14-15(19)22-17-21-7-10-24(17)16(14)23-8-2-1-3-9-23/h4-7,10H,1-3,8-9H2. The van der Waals surface area contributed by atoms with Crippen LogP contribution in [-0.2, 0) is 0 Å². The van der Waals surface area contributed by atoms with Gasteiger partial charge in [-0.1, -0.05) is 29.3 Å². The number of aromatic nitrogens is 3. The first-order valence-electron chi connectivity index (χ1n) is 7.88. The fourth-order valence-corrected chi connectivity index (χ4v) is 3.78. The van der Waals surface area contributed by atoms with Crippen LogP contribution in [0, 0.1) is 5.82 Å². The second kappa shape index (κ2) is 6.22. The van der Waals surface area contributed by atoms with Crippen molar-refractivity contribution in [2.45, 2.75) is 19.3 Å². The number of halogens is 3. The zero-order valence-corrected chi connectivity index (χ0v) is 14.4. The Morgan fingerprint density at radius 2 is 1.83 bits per heavy atom. The molecule has 1 aliphatic heterocycles. The average Bonchev–Trinajstić information content (AvgIpc) is 3.03. The van der Waals surface area contributed by atoms with Gasteiger partial charge in [-0.05, 0) is 31.4 Å². The summed E-state index contributed by atoms with van der Waals surface area (Å²) in [6.07, 6.45) is 6.85. The highest BCUT2D eigenvalue weighted by Gasteiger charge is 2.25. The SMILES string of the molecule is Fc1cccc(Cl)c1-c1c(Cl)nc2nccn2c1N1CCCCC1. The summed E-state index contributed by atoms with van der Waals surface area (Å²) < 4.78 is 16.4. The minimum absolute atomic E-state index is 0.210. The number of nitrogens with zero attached hydrogens (tertiary/aromatic N) is 4. The van der Waals surface area contributed by atoms with Gasteiger partial charge in [0.2, 0.25) is 5.78 Å². The molecule has 2 aromatic heterocycles. The van der Waals surface area contributed by atoms with Crippen molar-refractivity contribution < 1.29 is 4.39 Å². The lowest BCUT2D eigenvalue weighted by molar-refractivity contribution is 0.571. The lowest BCUT2D eigenvalue weighted by Crippen LogP contribution is -2.31. The number of hydrogen-bond acceptors (Lipinski definition) is 3. The van der Waals surface area contributed by atoms with Gasteiger partial charge in [0.25, 0.3) is 0 Å². The lowest BCUT2D eigenvalue weighted by Gasteiger charge is -2.31. The highest BCUT2D eigenvalue weighted by atomic mass is 35.5. The maximum atomic E-state index is 14.6. The summed E-state index contributed by atoms with van der Waals surface area (Å²) in [5, 5.41) is 0.526. The molecule has 0 atom stereocenters. The molecule has 3 heterocycles. The number of rotatable bonds is 2. The Morgan fingerprint density at radius 3 is 2.58 bits per heavy atom. The van der Waals surface area contributed by atoms with Crippen LogP contribution in [0.5, 0.6) is 0 Å². The summed E-state index contributed by atoms with van der Waals surface area (Å²) in [5.41, 5.74) is 0.806. The van der Waals surface area contributed by atoms with Gasteiger partial charge in [0.15, 0.2) is 0 Å². The highest BCUT2D eigenvalue weighted by molar-refractivity contribution is 6.36. The Bertz CT molecular complexity index is 883. The molecule has 0 amide bonds. The fraction of sp³-hybridized carbons (Fsp3) is 0.294. The minimum Gasteiger partial charge on any atom is -0.357 e. The van der Waals surface area contributed by atoms with Crippen molar-refractivity contribution in [2.24, 2.45) is 0 Å². The van der Waals surface area contributed by atoms with Crippen molar-refractivity contribution in [3.05, 3.63) is 46.6 Å². The van der Waals surface area contributed by atoms with Gasteiger partial charge in [-0.25, -0.2) is 9.37 Å². The van der Waals surface area contributed by atoms with Gasteiger partial charge in [-0.15, -0.1) is 0 Å². The molecule has 3 aromatic rings. The third-order valence-corrected chi connectivity index (χ3v) is 4.93. The van der Waals surface area contributed by atoms with E-state index in [2.05, 4.69) is 14.9 Å². The van der Waals surface area contributed by atoms with E-state index in [0.29, 0.717) is 16.4 Å². The number of fused-ring (bicyclic) bond motifs is 1. The van der Waals surface area contributed by atoms with Crippen LogP contribution in [0.1, 0.15) is 19.3 Å². The quantitative estimate of drug-likeness (QED) is 0.610. The molecule has 24 heavy (non-hydrogen) atoms. The Labute approximate surface area is 148 Å². The third kappa shape index (κ3) is 2.52. The van der Waals surface area contributed by atoms with Crippen LogP contribution >= 0.6 is 23.2 Å². The van der Waals surface area contributed by atoms with Gasteiger partial charge < -0.3 is 4.90 Å². The number of piperidine rings is 1. The molecule has 7 heteroatoms.